The fourth-order valence-corrected chi connectivity index (χ4v) is 11.1. The van der Waals surface area contributed by atoms with Crippen molar-refractivity contribution < 1.29 is 42.1 Å². The monoisotopic (exact) mass is 1230 g/mol. The van der Waals surface area contributed by atoms with Gasteiger partial charge in [-0.1, -0.05) is 317 Å². The zero-order valence-electron chi connectivity index (χ0n) is 57.0. The van der Waals surface area contributed by atoms with E-state index < -0.39 is 26.5 Å². The first-order valence-electron chi connectivity index (χ1n) is 36.3. The van der Waals surface area contributed by atoms with E-state index in [1.807, 2.05) is 21.1 Å². The van der Waals surface area contributed by atoms with Crippen molar-refractivity contribution in [1.82, 2.24) is 0 Å². The van der Waals surface area contributed by atoms with Crippen LogP contribution in [0.3, 0.4) is 0 Å². The summed E-state index contributed by atoms with van der Waals surface area (Å²) >= 11 is 0. The number of esters is 2. The molecule has 86 heavy (non-hydrogen) atoms. The number of nitrogens with zero attached hydrogens (tertiary/aromatic N) is 1. The van der Waals surface area contributed by atoms with Crippen LogP contribution in [0, 0.1) is 0 Å². The molecule has 0 aromatic rings. The maximum absolute atomic E-state index is 12.9. The smallest absolute Gasteiger partial charge is 0.462 e. The summed E-state index contributed by atoms with van der Waals surface area (Å²) in [5, 5.41) is 0. The molecule has 0 aliphatic heterocycles. The number of hydrogen-bond donors (Lipinski definition) is 1. The number of carbonyl (C=O) groups excluding carboxylic acids is 2. The molecule has 0 heterocycles. The summed E-state index contributed by atoms with van der Waals surface area (Å²) in [7, 11) is 1.49. The van der Waals surface area contributed by atoms with Gasteiger partial charge in [0.05, 0.1) is 27.7 Å². The molecule has 0 saturated carbocycles. The predicted octanol–water partition coefficient (Wildman–Crippen LogP) is 23.7. The van der Waals surface area contributed by atoms with Crippen molar-refractivity contribution in [2.45, 2.75) is 341 Å². The summed E-state index contributed by atoms with van der Waals surface area (Å²) in [5.74, 6) is -0.784. The Morgan fingerprint density at radius 2 is 0.663 bits per heavy atom. The highest BCUT2D eigenvalue weighted by molar-refractivity contribution is 7.47. The standard InChI is InChI=1S/C76H138NO8P/c1-6-8-10-12-14-16-18-20-22-24-26-28-30-32-34-35-36-37-38-39-40-41-43-45-47-49-51-53-55-57-59-61-63-65-67-69-76(79)85-74(73-84-86(80,81)83-71-70-77(3,4)5)72-82-75(78)68-66-64-62-60-58-56-54-52-50-48-46-44-42-33-31-29-27-25-23-21-19-17-15-13-11-9-7-2/h8,10,14,16,20,22,25-28,32,34,36-37,74H,6-7,9,11-13,15,17-19,21,23-24,29-31,33,35,38-73H2,1-5H3/p+1/b10-8-,16-14-,22-20-,27-25-,28-26-,34-32-,37-36-. The fourth-order valence-electron chi connectivity index (χ4n) is 10.4. The van der Waals surface area contributed by atoms with Crippen molar-refractivity contribution in [3.63, 3.8) is 0 Å². The summed E-state index contributed by atoms with van der Waals surface area (Å²) in [6, 6.07) is 0. The van der Waals surface area contributed by atoms with Crippen molar-refractivity contribution in [3.8, 4) is 0 Å². The second-order valence-corrected chi connectivity index (χ2v) is 27.0. The van der Waals surface area contributed by atoms with Gasteiger partial charge in [-0.05, 0) is 89.9 Å². The average molecular weight is 1230 g/mol. The largest absolute Gasteiger partial charge is 0.472 e. The lowest BCUT2D eigenvalue weighted by Crippen LogP contribution is -2.37. The molecule has 10 heteroatoms. The minimum absolute atomic E-state index is 0.0313. The number of likely N-dealkylation sites (N-methyl/N-ethyl adjacent to an activating group) is 1. The van der Waals surface area contributed by atoms with E-state index >= 15 is 0 Å². The van der Waals surface area contributed by atoms with Crippen LogP contribution in [-0.2, 0) is 32.7 Å². The molecule has 0 aromatic heterocycles. The third-order valence-corrected chi connectivity index (χ3v) is 16.9. The van der Waals surface area contributed by atoms with E-state index in [1.54, 1.807) is 0 Å². The Balaban J connectivity index is 4.01. The van der Waals surface area contributed by atoms with Crippen LogP contribution in [0.15, 0.2) is 85.1 Å². The first-order chi connectivity index (χ1) is 42.0. The van der Waals surface area contributed by atoms with Crippen LogP contribution in [0.2, 0.25) is 0 Å². The second-order valence-electron chi connectivity index (χ2n) is 25.6. The third-order valence-electron chi connectivity index (χ3n) is 15.9. The summed E-state index contributed by atoms with van der Waals surface area (Å²) in [6.45, 7) is 4.37. The van der Waals surface area contributed by atoms with Gasteiger partial charge in [0.25, 0.3) is 0 Å². The Labute approximate surface area is 532 Å². The van der Waals surface area contributed by atoms with Crippen molar-refractivity contribution in [2.75, 3.05) is 47.5 Å². The number of rotatable bonds is 67. The minimum Gasteiger partial charge on any atom is -0.462 e. The van der Waals surface area contributed by atoms with Crippen LogP contribution in [0.1, 0.15) is 335 Å². The second kappa shape index (κ2) is 66.6. The van der Waals surface area contributed by atoms with Gasteiger partial charge in [0.1, 0.15) is 19.8 Å². The zero-order chi connectivity index (χ0) is 62.6. The number of allylic oxidation sites excluding steroid dienone is 14. The first-order valence-corrected chi connectivity index (χ1v) is 37.8. The van der Waals surface area contributed by atoms with Crippen LogP contribution in [0.25, 0.3) is 0 Å². The molecule has 0 bridgehead atoms. The topological polar surface area (TPSA) is 108 Å². The van der Waals surface area contributed by atoms with Gasteiger partial charge in [0.2, 0.25) is 0 Å². The molecule has 0 saturated heterocycles. The number of hydrogen-bond acceptors (Lipinski definition) is 7. The number of unbranched alkanes of at least 4 members (excludes halogenated alkanes) is 39. The third kappa shape index (κ3) is 70.3. The van der Waals surface area contributed by atoms with Crippen molar-refractivity contribution >= 4 is 19.8 Å². The molecule has 1 N–H and O–H groups in total. The summed E-state index contributed by atoms with van der Waals surface area (Å²) in [5.41, 5.74) is 0. The molecule has 2 unspecified atom stereocenters. The number of quaternary nitrogens is 1. The Kier molecular flexibility index (Phi) is 64.4. The number of phosphoric acid groups is 1. The van der Waals surface area contributed by atoms with Crippen LogP contribution >= 0.6 is 7.82 Å². The quantitative estimate of drug-likeness (QED) is 0.0211. The van der Waals surface area contributed by atoms with Crippen molar-refractivity contribution in [2.24, 2.45) is 0 Å². The molecule has 0 fully saturated rings. The molecule has 0 radical (unpaired) electrons. The molecule has 0 aromatic carbocycles. The highest BCUT2D eigenvalue weighted by Gasteiger charge is 2.27. The number of carbonyl (C=O) groups is 2. The van der Waals surface area contributed by atoms with Crippen LogP contribution in [0.4, 0.5) is 0 Å². The fraction of sp³-hybridized carbons (Fsp3) is 0.789. The molecule has 0 amide bonds. The van der Waals surface area contributed by atoms with Crippen LogP contribution in [0.5, 0.6) is 0 Å². The van der Waals surface area contributed by atoms with Crippen LogP contribution < -0.4 is 0 Å². The molecule has 2 atom stereocenters. The Morgan fingerprint density at radius 3 is 1.00 bits per heavy atom. The SMILES string of the molecule is CC/C=C\C/C=C\C/C=C\C/C=C\C/C=C\C/C=C\CCCCCCCCCCCCCCCCCCC(=O)OC(COC(=O)CCCCCCCCCCCCCCCCC/C=C\CCCCCCCCCC)COP(=O)(O)OCC[N+](C)(C)C. The number of ether oxygens (including phenoxy) is 2. The summed E-state index contributed by atoms with van der Waals surface area (Å²) in [4.78, 5) is 35.9. The predicted molar refractivity (Wildman–Crippen MR) is 372 cm³/mol. The lowest BCUT2D eigenvalue weighted by atomic mass is 10.0. The van der Waals surface area contributed by atoms with Gasteiger partial charge < -0.3 is 18.9 Å². The first kappa shape index (κ1) is 83.2. The van der Waals surface area contributed by atoms with E-state index in [0.29, 0.717) is 23.9 Å². The molecule has 0 spiro atoms. The Hall–Kier alpha value is -2.81. The summed E-state index contributed by atoms with van der Waals surface area (Å²) in [6.07, 6.45) is 91.2. The van der Waals surface area contributed by atoms with E-state index in [9.17, 15) is 19.0 Å². The molecule has 0 aliphatic carbocycles. The van der Waals surface area contributed by atoms with E-state index in [2.05, 4.69) is 98.9 Å². The Morgan fingerprint density at radius 1 is 0.372 bits per heavy atom. The van der Waals surface area contributed by atoms with Crippen molar-refractivity contribution in [3.05, 3.63) is 85.1 Å². The van der Waals surface area contributed by atoms with Crippen LogP contribution in [-0.4, -0.2) is 74.9 Å². The zero-order valence-corrected chi connectivity index (χ0v) is 57.9. The van der Waals surface area contributed by atoms with E-state index in [0.717, 1.165) is 70.6 Å². The van der Waals surface area contributed by atoms with Gasteiger partial charge in [-0.2, -0.15) is 0 Å². The van der Waals surface area contributed by atoms with E-state index in [1.165, 1.54) is 231 Å². The van der Waals surface area contributed by atoms with Gasteiger partial charge in [-0.15, -0.1) is 0 Å². The van der Waals surface area contributed by atoms with Gasteiger partial charge in [0.15, 0.2) is 6.10 Å². The lowest BCUT2D eigenvalue weighted by Gasteiger charge is -2.24. The van der Waals surface area contributed by atoms with Gasteiger partial charge in [-0.3, -0.25) is 18.6 Å². The lowest BCUT2D eigenvalue weighted by molar-refractivity contribution is -0.870. The summed E-state index contributed by atoms with van der Waals surface area (Å²) < 4.78 is 34.8. The van der Waals surface area contributed by atoms with Gasteiger partial charge >= 0.3 is 19.8 Å². The maximum Gasteiger partial charge on any atom is 0.472 e. The molecule has 0 aliphatic rings. The molecular weight excluding hydrogens is 1090 g/mol. The average Bonchev–Trinajstić information content (AvgIpc) is 3.56. The van der Waals surface area contributed by atoms with E-state index in [4.69, 9.17) is 18.5 Å². The molecular formula is C76H139NO8P+. The number of phosphoric ester groups is 1. The highest BCUT2D eigenvalue weighted by atomic mass is 31.2. The van der Waals surface area contributed by atoms with Gasteiger partial charge in [0, 0.05) is 12.8 Å². The van der Waals surface area contributed by atoms with Crippen molar-refractivity contribution in [1.29, 1.82) is 0 Å². The Bertz CT molecular complexity index is 1730. The molecule has 500 valence electrons. The van der Waals surface area contributed by atoms with Gasteiger partial charge in [-0.25, -0.2) is 4.57 Å². The normalized spacial score (nSPS) is 13.6. The highest BCUT2D eigenvalue weighted by Crippen LogP contribution is 2.43. The molecule has 9 nitrogen and oxygen atoms in total. The maximum atomic E-state index is 12.9. The minimum atomic E-state index is -4.39. The molecule has 0 rings (SSSR count). The van der Waals surface area contributed by atoms with E-state index in [-0.39, 0.29) is 25.6 Å².